The van der Waals surface area contributed by atoms with Crippen LogP contribution < -0.4 is 0 Å². The van der Waals surface area contributed by atoms with Gasteiger partial charge in [0.15, 0.2) is 0 Å². The number of pyridine rings is 1. The van der Waals surface area contributed by atoms with Gasteiger partial charge in [0, 0.05) is 57.4 Å². The van der Waals surface area contributed by atoms with Crippen LogP contribution in [0.1, 0.15) is 31.4 Å². The molecular weight excluding hydrogens is 424 g/mol. The number of benzene rings is 1. The number of hydrogen-bond acceptors (Lipinski definition) is 7. The van der Waals surface area contributed by atoms with Gasteiger partial charge in [-0.2, -0.15) is 0 Å². The summed E-state index contributed by atoms with van der Waals surface area (Å²) in [5, 5.41) is 11.1. The Morgan fingerprint density at radius 1 is 1.06 bits per heavy atom. The van der Waals surface area contributed by atoms with E-state index in [9.17, 15) is 19.7 Å². The van der Waals surface area contributed by atoms with Gasteiger partial charge < -0.3 is 9.64 Å². The third-order valence-corrected chi connectivity index (χ3v) is 5.50. The maximum Gasteiger partial charge on any atom is 0.277 e. The van der Waals surface area contributed by atoms with Gasteiger partial charge in [-0.25, -0.2) is 0 Å². The summed E-state index contributed by atoms with van der Waals surface area (Å²) in [7, 11) is 0. The molecule has 9 nitrogen and oxygen atoms in total. The van der Waals surface area contributed by atoms with Gasteiger partial charge in [-0.15, -0.1) is 0 Å². The normalized spacial score (nSPS) is 13.7. The molecule has 0 unspecified atom stereocenters. The van der Waals surface area contributed by atoms with Gasteiger partial charge in [0.2, 0.25) is 0 Å². The first-order chi connectivity index (χ1) is 16.0. The van der Waals surface area contributed by atoms with E-state index < -0.39 is 4.92 Å². The number of non-ortho nitro benzene ring substituents is 1. The molecule has 0 N–H and O–H groups in total. The summed E-state index contributed by atoms with van der Waals surface area (Å²) < 4.78 is 5.35. The van der Waals surface area contributed by atoms with Crippen LogP contribution in [-0.4, -0.2) is 64.4 Å². The number of nitro benzene ring substituents is 1. The van der Waals surface area contributed by atoms with Crippen molar-refractivity contribution in [2.24, 2.45) is 0 Å². The lowest BCUT2D eigenvalue weighted by Crippen LogP contribution is -2.36. The predicted octanol–water partition coefficient (Wildman–Crippen LogP) is 3.06. The van der Waals surface area contributed by atoms with Gasteiger partial charge in [-0.1, -0.05) is 0 Å². The lowest BCUT2D eigenvalue weighted by Gasteiger charge is -2.25. The highest BCUT2D eigenvalue weighted by Gasteiger charge is 2.41. The molecule has 9 heteroatoms. The lowest BCUT2D eigenvalue weighted by molar-refractivity contribution is -0.384. The Kier molecular flexibility index (Phi) is 8.26. The van der Waals surface area contributed by atoms with E-state index in [1.807, 2.05) is 30.9 Å². The number of imide groups is 1. The fourth-order valence-corrected chi connectivity index (χ4v) is 3.78. The number of ether oxygens (including phenoxy) is 1. The Morgan fingerprint density at radius 2 is 1.76 bits per heavy atom. The molecule has 0 fully saturated rings. The number of likely N-dealkylation sites (N-methyl/N-ethyl adjacent to an activating group) is 1. The summed E-state index contributed by atoms with van der Waals surface area (Å²) in [4.78, 5) is 44.5. The monoisotopic (exact) mass is 452 g/mol. The van der Waals surface area contributed by atoms with Gasteiger partial charge in [-0.05, 0) is 62.1 Å². The smallest absolute Gasteiger partial charge is 0.277 e. The summed E-state index contributed by atoms with van der Waals surface area (Å²) in [5.74, 6) is -0.732. The summed E-state index contributed by atoms with van der Waals surface area (Å²) in [6.07, 6.45) is 4.66. The number of amides is 2. The molecule has 174 valence electrons. The molecule has 1 aromatic carbocycles. The molecule has 1 aliphatic heterocycles. The Morgan fingerprint density at radius 3 is 2.36 bits per heavy atom. The third-order valence-electron chi connectivity index (χ3n) is 5.50. The van der Waals surface area contributed by atoms with E-state index in [1.165, 1.54) is 29.2 Å². The fraction of sp³-hybridized carbons (Fsp3) is 0.375. The maximum absolute atomic E-state index is 13.4. The summed E-state index contributed by atoms with van der Waals surface area (Å²) >= 11 is 0. The van der Waals surface area contributed by atoms with E-state index >= 15 is 0 Å². The molecule has 0 saturated heterocycles. The Labute approximate surface area is 192 Å². The second-order valence-corrected chi connectivity index (χ2v) is 7.53. The number of nitrogens with zero attached hydrogens (tertiary/aromatic N) is 4. The Bertz CT molecular complexity index is 1020. The van der Waals surface area contributed by atoms with Gasteiger partial charge in [-0.3, -0.25) is 29.6 Å². The highest BCUT2D eigenvalue weighted by atomic mass is 16.6. The largest absolute Gasteiger partial charge is 0.382 e. The molecule has 1 aliphatic rings. The van der Waals surface area contributed by atoms with E-state index in [2.05, 4.69) is 4.98 Å². The summed E-state index contributed by atoms with van der Waals surface area (Å²) in [6, 6.07) is 9.59. The second-order valence-electron chi connectivity index (χ2n) is 7.53. The average Bonchev–Trinajstić information content (AvgIpc) is 3.07. The Balaban J connectivity index is 1.93. The van der Waals surface area contributed by atoms with Crippen molar-refractivity contribution in [1.82, 2.24) is 14.8 Å². The average molecular weight is 453 g/mol. The first-order valence-electron chi connectivity index (χ1n) is 11.0. The van der Waals surface area contributed by atoms with Gasteiger partial charge in [0.25, 0.3) is 17.5 Å². The van der Waals surface area contributed by atoms with Crippen LogP contribution in [0.3, 0.4) is 0 Å². The first-order valence-corrected chi connectivity index (χ1v) is 11.0. The van der Waals surface area contributed by atoms with E-state index in [4.69, 9.17) is 4.74 Å². The molecule has 2 aromatic rings. The number of nitro groups is 1. The van der Waals surface area contributed by atoms with Crippen molar-refractivity contribution < 1.29 is 19.2 Å². The second kappa shape index (κ2) is 11.3. The molecule has 0 atom stereocenters. The molecule has 2 amide bonds. The zero-order chi connectivity index (χ0) is 23.8. The van der Waals surface area contributed by atoms with Crippen LogP contribution >= 0.6 is 0 Å². The van der Waals surface area contributed by atoms with Crippen molar-refractivity contribution in [3.05, 3.63) is 75.7 Å². The molecule has 3 rings (SSSR count). The van der Waals surface area contributed by atoms with Crippen molar-refractivity contribution in [3.8, 4) is 0 Å². The number of aromatic nitrogens is 1. The Hall–Kier alpha value is -3.59. The minimum atomic E-state index is -0.492. The molecule has 1 aromatic heterocycles. The highest BCUT2D eigenvalue weighted by molar-refractivity contribution is 6.35. The van der Waals surface area contributed by atoms with Crippen LogP contribution in [0.15, 0.2) is 54.5 Å². The lowest BCUT2D eigenvalue weighted by atomic mass is 10.0. The minimum absolute atomic E-state index is 0.0729. The van der Waals surface area contributed by atoms with Crippen molar-refractivity contribution in [2.45, 2.75) is 26.7 Å². The molecule has 0 spiro atoms. The van der Waals surface area contributed by atoms with E-state index in [0.717, 1.165) is 5.56 Å². The standard InChI is InChI=1S/C24H28N4O5/c1-3-26(16-12-18-10-13-25-14-11-18)22-21(19-6-8-20(9-7-19)28(31)32)23(29)27(24(22)30)15-5-17-33-4-2/h6-11,13-14H,3-5,12,15-17H2,1-2H3. The van der Waals surface area contributed by atoms with Crippen LogP contribution in [0.25, 0.3) is 5.57 Å². The zero-order valence-electron chi connectivity index (χ0n) is 18.9. The van der Waals surface area contributed by atoms with E-state index in [0.29, 0.717) is 50.4 Å². The van der Waals surface area contributed by atoms with Gasteiger partial charge >= 0.3 is 0 Å². The first kappa shape index (κ1) is 24.1. The summed E-state index contributed by atoms with van der Waals surface area (Å²) in [5.41, 5.74) is 2.11. The number of hydrogen-bond donors (Lipinski definition) is 0. The van der Waals surface area contributed by atoms with Crippen molar-refractivity contribution >= 4 is 23.1 Å². The molecule has 2 heterocycles. The molecule has 33 heavy (non-hydrogen) atoms. The van der Waals surface area contributed by atoms with Crippen LogP contribution in [0.2, 0.25) is 0 Å². The van der Waals surface area contributed by atoms with Gasteiger partial charge in [0.05, 0.1) is 10.5 Å². The number of carbonyl (C=O) groups excluding carboxylic acids is 2. The molecule has 0 bridgehead atoms. The van der Waals surface area contributed by atoms with E-state index in [1.54, 1.807) is 12.4 Å². The zero-order valence-corrected chi connectivity index (χ0v) is 18.9. The van der Waals surface area contributed by atoms with E-state index in [-0.39, 0.29) is 29.6 Å². The fourth-order valence-electron chi connectivity index (χ4n) is 3.78. The predicted molar refractivity (Wildman–Crippen MR) is 123 cm³/mol. The topological polar surface area (TPSA) is 106 Å². The van der Waals surface area contributed by atoms with Crippen molar-refractivity contribution in [2.75, 3.05) is 32.8 Å². The van der Waals surface area contributed by atoms with Crippen LogP contribution in [0.4, 0.5) is 5.69 Å². The van der Waals surface area contributed by atoms with Gasteiger partial charge in [0.1, 0.15) is 5.70 Å². The maximum atomic E-state index is 13.4. The molecule has 0 aliphatic carbocycles. The number of carbonyl (C=O) groups is 2. The summed E-state index contributed by atoms with van der Waals surface area (Å²) in [6.45, 7) is 6.16. The van der Waals surface area contributed by atoms with Crippen LogP contribution in [-0.2, 0) is 20.7 Å². The molecular formula is C24H28N4O5. The van der Waals surface area contributed by atoms with Crippen LogP contribution in [0.5, 0.6) is 0 Å². The quantitative estimate of drug-likeness (QED) is 0.211. The molecule has 0 saturated carbocycles. The molecule has 0 radical (unpaired) electrons. The van der Waals surface area contributed by atoms with Crippen molar-refractivity contribution in [3.63, 3.8) is 0 Å². The van der Waals surface area contributed by atoms with Crippen LogP contribution in [0, 0.1) is 10.1 Å². The number of rotatable bonds is 12. The third kappa shape index (κ3) is 5.61. The SMILES string of the molecule is CCOCCCN1C(=O)C(c2ccc([N+](=O)[O-])cc2)=C(N(CC)CCc2ccncc2)C1=O. The highest BCUT2D eigenvalue weighted by Crippen LogP contribution is 2.32. The minimum Gasteiger partial charge on any atom is -0.382 e. The van der Waals surface area contributed by atoms with Crippen molar-refractivity contribution in [1.29, 1.82) is 0 Å².